The number of aromatic nitrogens is 3. The van der Waals surface area contributed by atoms with Gasteiger partial charge in [-0.1, -0.05) is 32.7 Å². The molecule has 1 heterocycles. The maximum Gasteiger partial charge on any atom is 0.271 e. The van der Waals surface area contributed by atoms with Gasteiger partial charge in [-0.05, 0) is 13.0 Å². The Labute approximate surface area is 116 Å². The van der Waals surface area contributed by atoms with Crippen molar-refractivity contribution in [2.75, 3.05) is 0 Å². The quantitative estimate of drug-likeness (QED) is 0.491. The zero-order valence-electron chi connectivity index (χ0n) is 9.25. The number of nitro groups is 1. The van der Waals surface area contributed by atoms with E-state index in [2.05, 4.69) is 26.2 Å². The maximum absolute atomic E-state index is 10.7. The number of rotatable bonds is 3. The molecule has 0 aliphatic heterocycles. The summed E-state index contributed by atoms with van der Waals surface area (Å²) < 4.78 is 1.42. The molecule has 1 atom stereocenters. The molecule has 18 heavy (non-hydrogen) atoms. The lowest BCUT2D eigenvalue weighted by Gasteiger charge is -2.02. The van der Waals surface area contributed by atoms with E-state index in [1.165, 1.54) is 22.9 Å². The molecule has 0 spiro atoms. The van der Waals surface area contributed by atoms with Crippen LogP contribution in [0, 0.1) is 10.1 Å². The molecule has 0 saturated carbocycles. The predicted molar refractivity (Wildman–Crippen MR) is 70.4 cm³/mol. The van der Waals surface area contributed by atoms with E-state index in [4.69, 9.17) is 11.6 Å². The molecule has 0 amide bonds. The lowest BCUT2D eigenvalue weighted by atomic mass is 10.3. The molecule has 1 aromatic carbocycles. The number of benzene rings is 1. The normalized spacial score (nSPS) is 12.4. The summed E-state index contributed by atoms with van der Waals surface area (Å²) in [4.78, 5) is 10.3. The molecule has 0 fully saturated rings. The summed E-state index contributed by atoms with van der Waals surface area (Å²) in [5.41, 5.74) is 1.11. The van der Waals surface area contributed by atoms with Crippen LogP contribution in [0.2, 0.25) is 5.02 Å². The molecule has 0 bridgehead atoms. The molecule has 0 aliphatic rings. The standard InChI is InChI=1S/C10H8BrClN4O2/c1-6(11)9-5-15(14-13-9)10-4-7(16(17)18)2-3-8(10)12/h2-6H,1H3. The molecule has 8 heteroatoms. The lowest BCUT2D eigenvalue weighted by Crippen LogP contribution is -1.98. The van der Waals surface area contributed by atoms with E-state index in [-0.39, 0.29) is 10.5 Å². The maximum atomic E-state index is 10.7. The van der Waals surface area contributed by atoms with Crippen LogP contribution in [0.15, 0.2) is 24.4 Å². The van der Waals surface area contributed by atoms with Crippen molar-refractivity contribution in [1.29, 1.82) is 0 Å². The third-order valence-electron chi connectivity index (χ3n) is 2.31. The Morgan fingerprint density at radius 1 is 1.56 bits per heavy atom. The zero-order valence-corrected chi connectivity index (χ0v) is 11.6. The van der Waals surface area contributed by atoms with Gasteiger partial charge in [0.15, 0.2) is 0 Å². The number of nitro benzene ring substituents is 1. The molecule has 2 rings (SSSR count). The van der Waals surface area contributed by atoms with Crippen LogP contribution < -0.4 is 0 Å². The first-order valence-electron chi connectivity index (χ1n) is 4.99. The molecule has 0 N–H and O–H groups in total. The van der Waals surface area contributed by atoms with Gasteiger partial charge in [0.1, 0.15) is 0 Å². The van der Waals surface area contributed by atoms with E-state index in [1.54, 1.807) is 6.20 Å². The highest BCUT2D eigenvalue weighted by atomic mass is 79.9. The lowest BCUT2D eigenvalue weighted by molar-refractivity contribution is -0.384. The van der Waals surface area contributed by atoms with Crippen LogP contribution in [0.4, 0.5) is 5.69 Å². The van der Waals surface area contributed by atoms with Crippen molar-refractivity contribution in [2.24, 2.45) is 0 Å². The first kappa shape index (κ1) is 13.0. The molecule has 6 nitrogen and oxygen atoms in total. The minimum Gasteiger partial charge on any atom is -0.258 e. The SMILES string of the molecule is CC(Br)c1cn(-c2cc([N+](=O)[O-])ccc2Cl)nn1. The van der Waals surface area contributed by atoms with Crippen molar-refractivity contribution in [2.45, 2.75) is 11.8 Å². The molecule has 0 aliphatic carbocycles. The Hall–Kier alpha value is -1.47. The summed E-state index contributed by atoms with van der Waals surface area (Å²) in [6.07, 6.45) is 1.67. The number of alkyl halides is 1. The van der Waals surface area contributed by atoms with Gasteiger partial charge in [0, 0.05) is 12.1 Å². The number of halogens is 2. The van der Waals surface area contributed by atoms with Gasteiger partial charge in [0.2, 0.25) is 0 Å². The molecular weight excluding hydrogens is 323 g/mol. The second-order valence-corrected chi connectivity index (χ2v) is 5.38. The van der Waals surface area contributed by atoms with Gasteiger partial charge in [-0.15, -0.1) is 5.10 Å². The highest BCUT2D eigenvalue weighted by Gasteiger charge is 2.14. The number of nitrogens with zero attached hydrogens (tertiary/aromatic N) is 4. The van der Waals surface area contributed by atoms with Crippen LogP contribution >= 0.6 is 27.5 Å². The van der Waals surface area contributed by atoms with Gasteiger partial charge in [-0.2, -0.15) is 0 Å². The number of non-ortho nitro benzene ring substituents is 1. The van der Waals surface area contributed by atoms with Crippen molar-refractivity contribution < 1.29 is 4.92 Å². The number of hydrogen-bond acceptors (Lipinski definition) is 4. The molecular formula is C10H8BrClN4O2. The van der Waals surface area contributed by atoms with Crippen LogP contribution in [0.1, 0.15) is 17.4 Å². The minimum atomic E-state index is -0.481. The van der Waals surface area contributed by atoms with E-state index in [0.717, 1.165) is 5.69 Å². The van der Waals surface area contributed by atoms with Crippen LogP contribution in [0.5, 0.6) is 0 Å². The van der Waals surface area contributed by atoms with E-state index in [0.29, 0.717) is 10.7 Å². The van der Waals surface area contributed by atoms with E-state index in [1.807, 2.05) is 6.92 Å². The topological polar surface area (TPSA) is 73.8 Å². The second-order valence-electron chi connectivity index (χ2n) is 3.60. The minimum absolute atomic E-state index is 0.0432. The largest absolute Gasteiger partial charge is 0.271 e. The predicted octanol–water partition coefficient (Wildman–Crippen LogP) is 3.28. The highest BCUT2D eigenvalue weighted by molar-refractivity contribution is 9.09. The first-order valence-corrected chi connectivity index (χ1v) is 6.29. The Kier molecular flexibility index (Phi) is 3.63. The third-order valence-corrected chi connectivity index (χ3v) is 3.09. The van der Waals surface area contributed by atoms with Gasteiger partial charge in [-0.25, -0.2) is 4.68 Å². The fraction of sp³-hybridized carbons (Fsp3) is 0.200. The van der Waals surface area contributed by atoms with Gasteiger partial charge in [-0.3, -0.25) is 10.1 Å². The van der Waals surface area contributed by atoms with Crippen molar-refractivity contribution in [3.8, 4) is 5.69 Å². The van der Waals surface area contributed by atoms with Crippen molar-refractivity contribution >= 4 is 33.2 Å². The summed E-state index contributed by atoms with van der Waals surface area (Å²) in [5, 5.41) is 18.9. The molecule has 0 radical (unpaired) electrons. The molecule has 0 saturated heterocycles. The van der Waals surface area contributed by atoms with Gasteiger partial charge in [0.05, 0.1) is 32.4 Å². The van der Waals surface area contributed by atoms with Crippen molar-refractivity contribution in [1.82, 2.24) is 15.0 Å². The Bertz CT molecular complexity index is 599. The van der Waals surface area contributed by atoms with E-state index in [9.17, 15) is 10.1 Å². The average Bonchev–Trinajstić information content (AvgIpc) is 2.78. The summed E-state index contributed by atoms with van der Waals surface area (Å²) in [6, 6.07) is 4.17. The summed E-state index contributed by atoms with van der Waals surface area (Å²) >= 11 is 9.37. The third kappa shape index (κ3) is 2.51. The zero-order chi connectivity index (χ0) is 13.3. The van der Waals surface area contributed by atoms with Crippen molar-refractivity contribution in [3.05, 3.63) is 45.2 Å². The van der Waals surface area contributed by atoms with Gasteiger partial charge < -0.3 is 0 Å². The van der Waals surface area contributed by atoms with E-state index >= 15 is 0 Å². The van der Waals surface area contributed by atoms with Crippen LogP contribution in [0.3, 0.4) is 0 Å². The fourth-order valence-corrected chi connectivity index (χ4v) is 1.78. The second kappa shape index (κ2) is 5.03. The first-order chi connectivity index (χ1) is 8.49. The number of hydrogen-bond donors (Lipinski definition) is 0. The summed E-state index contributed by atoms with van der Waals surface area (Å²) in [5.74, 6) is 0. The summed E-state index contributed by atoms with van der Waals surface area (Å²) in [6.45, 7) is 1.91. The Morgan fingerprint density at radius 2 is 2.28 bits per heavy atom. The Morgan fingerprint density at radius 3 is 2.83 bits per heavy atom. The molecule has 1 aromatic heterocycles. The van der Waals surface area contributed by atoms with Crippen LogP contribution in [0.25, 0.3) is 5.69 Å². The molecule has 94 valence electrons. The molecule has 2 aromatic rings. The average molecular weight is 332 g/mol. The Balaban J connectivity index is 2.48. The smallest absolute Gasteiger partial charge is 0.258 e. The molecule has 1 unspecified atom stereocenters. The van der Waals surface area contributed by atoms with Crippen LogP contribution in [-0.4, -0.2) is 19.9 Å². The fourth-order valence-electron chi connectivity index (χ4n) is 1.37. The van der Waals surface area contributed by atoms with Gasteiger partial charge in [0.25, 0.3) is 5.69 Å². The monoisotopic (exact) mass is 330 g/mol. The van der Waals surface area contributed by atoms with Crippen LogP contribution in [-0.2, 0) is 0 Å². The van der Waals surface area contributed by atoms with Gasteiger partial charge >= 0.3 is 0 Å². The highest BCUT2D eigenvalue weighted by Crippen LogP contribution is 2.26. The van der Waals surface area contributed by atoms with E-state index < -0.39 is 4.92 Å². The van der Waals surface area contributed by atoms with Crippen molar-refractivity contribution in [3.63, 3.8) is 0 Å². The summed E-state index contributed by atoms with van der Waals surface area (Å²) in [7, 11) is 0.